The molecule has 142 valence electrons. The number of hydrogen-bond donors (Lipinski definition) is 0. The molecule has 0 bridgehead atoms. The van der Waals surface area contributed by atoms with E-state index in [1.807, 2.05) is 48.5 Å². The van der Waals surface area contributed by atoms with E-state index in [1.165, 1.54) is 33.7 Å². The molecule has 4 nitrogen and oxygen atoms in total. The van der Waals surface area contributed by atoms with E-state index in [0.717, 1.165) is 5.39 Å². The second-order valence-electron chi connectivity index (χ2n) is 7.29. The molecule has 29 heavy (non-hydrogen) atoms. The van der Waals surface area contributed by atoms with Crippen molar-refractivity contribution in [2.75, 3.05) is 6.61 Å². The van der Waals surface area contributed by atoms with Crippen LogP contribution in [0.15, 0.2) is 79.0 Å². The van der Waals surface area contributed by atoms with Crippen molar-refractivity contribution in [3.63, 3.8) is 0 Å². The maximum absolute atomic E-state index is 12.9. The Morgan fingerprint density at radius 1 is 0.862 bits per heavy atom. The maximum atomic E-state index is 12.9. The standard InChI is InChI=1S/C25H19NO3/c1-16(27)22-14-26(24-13-7-6-12-21(22)24)25(28)29-15-23-19-10-4-2-8-17(19)18-9-3-5-11-20(18)23/h2-14,23H,15H2,1H3. The summed E-state index contributed by atoms with van der Waals surface area (Å²) in [5, 5.41) is 0.758. The second-order valence-corrected chi connectivity index (χ2v) is 7.29. The highest BCUT2D eigenvalue weighted by molar-refractivity contribution is 6.08. The molecule has 0 atom stereocenters. The minimum atomic E-state index is -0.476. The molecule has 0 spiro atoms. The molecule has 1 aliphatic rings. The van der Waals surface area contributed by atoms with E-state index in [4.69, 9.17) is 4.74 Å². The Bertz CT molecular complexity index is 1220. The van der Waals surface area contributed by atoms with Gasteiger partial charge in [-0.3, -0.25) is 9.36 Å². The summed E-state index contributed by atoms with van der Waals surface area (Å²) in [5.74, 6) is -0.0770. The molecule has 1 aliphatic carbocycles. The minimum absolute atomic E-state index is 0.000420. The number of nitrogens with zero attached hydrogens (tertiary/aromatic N) is 1. The molecule has 0 radical (unpaired) electrons. The summed E-state index contributed by atoms with van der Waals surface area (Å²) in [4.78, 5) is 24.9. The van der Waals surface area contributed by atoms with Crippen molar-refractivity contribution in [2.24, 2.45) is 0 Å². The van der Waals surface area contributed by atoms with Crippen molar-refractivity contribution in [1.82, 2.24) is 4.57 Å². The zero-order valence-corrected chi connectivity index (χ0v) is 16.0. The van der Waals surface area contributed by atoms with Gasteiger partial charge in [-0.25, -0.2) is 4.79 Å². The monoisotopic (exact) mass is 381 g/mol. The van der Waals surface area contributed by atoms with Gasteiger partial charge in [0.2, 0.25) is 0 Å². The molecule has 4 aromatic rings. The maximum Gasteiger partial charge on any atom is 0.418 e. The van der Waals surface area contributed by atoms with Crippen LogP contribution in [0.1, 0.15) is 34.3 Å². The second kappa shape index (κ2) is 6.74. The summed E-state index contributed by atoms with van der Waals surface area (Å²) < 4.78 is 7.17. The summed E-state index contributed by atoms with van der Waals surface area (Å²) in [6.07, 6.45) is 1.10. The van der Waals surface area contributed by atoms with Crippen molar-refractivity contribution in [3.8, 4) is 11.1 Å². The Morgan fingerprint density at radius 2 is 1.45 bits per heavy atom. The third-order valence-electron chi connectivity index (χ3n) is 5.62. The van der Waals surface area contributed by atoms with Crippen LogP contribution in [0.2, 0.25) is 0 Å². The molecule has 0 fully saturated rings. The molecule has 4 heteroatoms. The Labute approximate surface area is 168 Å². The van der Waals surface area contributed by atoms with Gasteiger partial charge in [0.1, 0.15) is 6.61 Å². The van der Waals surface area contributed by atoms with Crippen molar-refractivity contribution in [3.05, 3.63) is 95.7 Å². The van der Waals surface area contributed by atoms with Crippen LogP contribution >= 0.6 is 0 Å². The number of fused-ring (bicyclic) bond motifs is 4. The Balaban J connectivity index is 1.46. The minimum Gasteiger partial charge on any atom is -0.448 e. The van der Waals surface area contributed by atoms with Crippen LogP contribution in [0.4, 0.5) is 4.79 Å². The normalized spacial score (nSPS) is 12.6. The first-order valence-corrected chi connectivity index (χ1v) is 9.61. The lowest BCUT2D eigenvalue weighted by Gasteiger charge is -2.14. The molecule has 3 aromatic carbocycles. The van der Waals surface area contributed by atoms with E-state index < -0.39 is 6.09 Å². The number of ketones is 1. The van der Waals surface area contributed by atoms with Gasteiger partial charge >= 0.3 is 6.09 Å². The van der Waals surface area contributed by atoms with Crippen LogP contribution in [0, 0.1) is 0 Å². The number of rotatable bonds is 3. The Morgan fingerprint density at radius 3 is 2.10 bits per heavy atom. The van der Waals surface area contributed by atoms with Crippen molar-refractivity contribution in [1.29, 1.82) is 0 Å². The van der Waals surface area contributed by atoms with Gasteiger partial charge in [-0.15, -0.1) is 0 Å². The predicted molar refractivity (Wildman–Crippen MR) is 112 cm³/mol. The average Bonchev–Trinajstić information content (AvgIpc) is 3.29. The molecule has 0 amide bonds. The fourth-order valence-corrected chi connectivity index (χ4v) is 4.27. The largest absolute Gasteiger partial charge is 0.448 e. The van der Waals surface area contributed by atoms with Crippen LogP contribution in [-0.4, -0.2) is 23.1 Å². The van der Waals surface area contributed by atoms with Crippen LogP contribution in [0.25, 0.3) is 22.0 Å². The smallest absolute Gasteiger partial charge is 0.418 e. The number of carbonyl (C=O) groups excluding carboxylic acids is 2. The number of carbonyl (C=O) groups is 2. The highest BCUT2D eigenvalue weighted by atomic mass is 16.5. The first kappa shape index (κ1) is 17.4. The van der Waals surface area contributed by atoms with Gasteiger partial charge in [0, 0.05) is 23.1 Å². The molecule has 0 aliphatic heterocycles. The number of ether oxygens (including phenoxy) is 1. The van der Waals surface area contributed by atoms with E-state index >= 15 is 0 Å². The van der Waals surface area contributed by atoms with Crippen LogP contribution < -0.4 is 0 Å². The van der Waals surface area contributed by atoms with Gasteiger partial charge in [0.05, 0.1) is 5.52 Å². The van der Waals surface area contributed by atoms with Crippen molar-refractivity contribution >= 4 is 22.8 Å². The number of Topliss-reactive ketones (excluding diaryl/α,β-unsaturated/α-hetero) is 1. The number of para-hydroxylation sites is 1. The van der Waals surface area contributed by atoms with Gasteiger partial charge in [-0.1, -0.05) is 66.7 Å². The molecule has 0 saturated heterocycles. The summed E-state index contributed by atoms with van der Waals surface area (Å²) >= 11 is 0. The Kier molecular flexibility index (Phi) is 4.06. The average molecular weight is 381 g/mol. The number of hydrogen-bond acceptors (Lipinski definition) is 3. The summed E-state index contributed by atoms with van der Waals surface area (Å²) in [6, 6.07) is 23.8. The third-order valence-corrected chi connectivity index (χ3v) is 5.62. The molecule has 1 heterocycles. The highest BCUT2D eigenvalue weighted by Crippen LogP contribution is 2.44. The molecular formula is C25H19NO3. The van der Waals surface area contributed by atoms with Gasteiger partial charge < -0.3 is 4.74 Å². The fourth-order valence-electron chi connectivity index (χ4n) is 4.27. The van der Waals surface area contributed by atoms with Crippen molar-refractivity contribution < 1.29 is 14.3 Å². The summed E-state index contributed by atoms with van der Waals surface area (Å²) in [5.41, 5.74) is 5.92. The third kappa shape index (κ3) is 2.76. The van der Waals surface area contributed by atoms with Gasteiger partial charge in [0.15, 0.2) is 5.78 Å². The molecule has 0 unspecified atom stereocenters. The van der Waals surface area contributed by atoms with Gasteiger partial charge in [0.25, 0.3) is 0 Å². The molecule has 0 saturated carbocycles. The van der Waals surface area contributed by atoms with Crippen LogP contribution in [0.3, 0.4) is 0 Å². The molecule has 5 rings (SSSR count). The predicted octanol–water partition coefficient (Wildman–Crippen LogP) is 5.64. The van der Waals surface area contributed by atoms with Crippen LogP contribution in [0.5, 0.6) is 0 Å². The van der Waals surface area contributed by atoms with E-state index in [0.29, 0.717) is 11.1 Å². The summed E-state index contributed by atoms with van der Waals surface area (Å²) in [7, 11) is 0. The number of aromatic nitrogens is 1. The first-order valence-electron chi connectivity index (χ1n) is 9.61. The molecule has 1 aromatic heterocycles. The van der Waals surface area contributed by atoms with E-state index in [1.54, 1.807) is 6.20 Å². The lowest BCUT2D eigenvalue weighted by molar-refractivity contribution is 0.101. The zero-order chi connectivity index (χ0) is 20.0. The summed E-state index contributed by atoms with van der Waals surface area (Å²) in [6.45, 7) is 1.75. The van der Waals surface area contributed by atoms with Gasteiger partial charge in [-0.2, -0.15) is 0 Å². The lowest BCUT2D eigenvalue weighted by atomic mass is 9.98. The SMILES string of the molecule is CC(=O)c1cn(C(=O)OCC2c3ccccc3-c3ccccc32)c2ccccc12. The fraction of sp³-hybridized carbons (Fsp3) is 0.120. The molecular weight excluding hydrogens is 362 g/mol. The van der Waals surface area contributed by atoms with Crippen molar-refractivity contribution in [2.45, 2.75) is 12.8 Å². The topological polar surface area (TPSA) is 48.3 Å². The van der Waals surface area contributed by atoms with Gasteiger partial charge in [-0.05, 0) is 35.2 Å². The van der Waals surface area contributed by atoms with Crippen LogP contribution in [-0.2, 0) is 4.74 Å². The van der Waals surface area contributed by atoms with E-state index in [-0.39, 0.29) is 18.3 Å². The van der Waals surface area contributed by atoms with E-state index in [2.05, 4.69) is 24.3 Å². The first-order chi connectivity index (χ1) is 14.1. The Hall–Kier alpha value is -3.66. The zero-order valence-electron chi connectivity index (χ0n) is 16.0. The molecule has 0 N–H and O–H groups in total. The van der Waals surface area contributed by atoms with E-state index in [9.17, 15) is 9.59 Å². The lowest BCUT2D eigenvalue weighted by Crippen LogP contribution is -2.17. The quantitative estimate of drug-likeness (QED) is 0.431. The highest BCUT2D eigenvalue weighted by Gasteiger charge is 2.29. The number of benzene rings is 3.